The van der Waals surface area contributed by atoms with Crippen molar-refractivity contribution in [2.75, 3.05) is 6.54 Å². The first-order valence-electron chi connectivity index (χ1n) is 8.18. The van der Waals surface area contributed by atoms with Gasteiger partial charge in [-0.15, -0.1) is 0 Å². The van der Waals surface area contributed by atoms with E-state index in [9.17, 15) is 24.8 Å². The van der Waals surface area contributed by atoms with Crippen LogP contribution in [0.3, 0.4) is 0 Å². The fraction of sp³-hybridized carbons (Fsp3) is 0.158. The van der Waals surface area contributed by atoms with Gasteiger partial charge >= 0.3 is 0 Å². The SMILES string of the molecule is CCN1C(=O)C(O)=C(C(=O)/C=C/c2ccco2)C1c1ccc([N+](=O)[O-])cc1. The van der Waals surface area contributed by atoms with E-state index in [-0.39, 0.29) is 17.8 Å². The molecule has 27 heavy (non-hydrogen) atoms. The highest BCUT2D eigenvalue weighted by Gasteiger charge is 2.42. The molecule has 0 saturated heterocycles. The predicted octanol–water partition coefficient (Wildman–Crippen LogP) is 3.19. The lowest BCUT2D eigenvalue weighted by atomic mass is 9.95. The quantitative estimate of drug-likeness (QED) is 0.476. The number of benzene rings is 1. The number of non-ortho nitro benzene ring substituents is 1. The van der Waals surface area contributed by atoms with Crippen molar-refractivity contribution in [3.63, 3.8) is 0 Å². The van der Waals surface area contributed by atoms with E-state index in [0.717, 1.165) is 0 Å². The molecule has 0 spiro atoms. The molecule has 3 rings (SSSR count). The number of allylic oxidation sites excluding steroid dienone is 1. The lowest BCUT2D eigenvalue weighted by Crippen LogP contribution is -2.30. The number of nitrogens with zero attached hydrogens (tertiary/aromatic N) is 2. The maximum atomic E-state index is 12.7. The molecule has 0 fully saturated rings. The van der Waals surface area contributed by atoms with Crippen molar-refractivity contribution < 1.29 is 24.0 Å². The zero-order chi connectivity index (χ0) is 19.6. The molecule has 1 aliphatic heterocycles. The number of rotatable bonds is 6. The Morgan fingerprint density at radius 3 is 2.59 bits per heavy atom. The van der Waals surface area contributed by atoms with Crippen molar-refractivity contribution in [3.05, 3.63) is 81.5 Å². The molecule has 0 radical (unpaired) electrons. The lowest BCUT2D eigenvalue weighted by molar-refractivity contribution is -0.384. The van der Waals surface area contributed by atoms with E-state index in [2.05, 4.69) is 0 Å². The maximum absolute atomic E-state index is 12.7. The summed E-state index contributed by atoms with van der Waals surface area (Å²) in [7, 11) is 0. The second kappa shape index (κ2) is 7.28. The van der Waals surface area contributed by atoms with E-state index >= 15 is 0 Å². The van der Waals surface area contributed by atoms with E-state index in [1.807, 2.05) is 0 Å². The molecule has 0 bridgehead atoms. The summed E-state index contributed by atoms with van der Waals surface area (Å²) in [4.78, 5) is 36.7. The monoisotopic (exact) mass is 368 g/mol. The normalized spacial score (nSPS) is 17.1. The predicted molar refractivity (Wildman–Crippen MR) is 95.6 cm³/mol. The average molecular weight is 368 g/mol. The Balaban J connectivity index is 1.99. The first-order chi connectivity index (χ1) is 12.9. The minimum Gasteiger partial charge on any atom is -0.503 e. The topological polar surface area (TPSA) is 114 Å². The van der Waals surface area contributed by atoms with Gasteiger partial charge in [0.05, 0.1) is 22.8 Å². The Morgan fingerprint density at radius 1 is 1.33 bits per heavy atom. The molecule has 1 aromatic heterocycles. The Bertz CT molecular complexity index is 941. The van der Waals surface area contributed by atoms with Gasteiger partial charge in [0.2, 0.25) is 0 Å². The number of carbonyl (C=O) groups excluding carboxylic acids is 2. The molecule has 1 aromatic carbocycles. The highest BCUT2D eigenvalue weighted by molar-refractivity contribution is 6.14. The largest absolute Gasteiger partial charge is 0.503 e. The highest BCUT2D eigenvalue weighted by Crippen LogP contribution is 2.38. The summed E-state index contributed by atoms with van der Waals surface area (Å²) in [6.07, 6.45) is 4.11. The van der Waals surface area contributed by atoms with Gasteiger partial charge < -0.3 is 14.4 Å². The highest BCUT2D eigenvalue weighted by atomic mass is 16.6. The Hall–Kier alpha value is -3.68. The van der Waals surface area contributed by atoms with Crippen molar-refractivity contribution in [2.24, 2.45) is 0 Å². The van der Waals surface area contributed by atoms with E-state index < -0.39 is 28.4 Å². The van der Waals surface area contributed by atoms with Crippen molar-refractivity contribution in [3.8, 4) is 0 Å². The molecule has 1 amide bonds. The molecule has 1 unspecified atom stereocenters. The standard InChI is InChI=1S/C19H16N2O6/c1-2-20-17(12-5-7-13(8-6-12)21(25)26)16(18(23)19(20)24)15(22)10-9-14-4-3-11-27-14/h3-11,17,23H,2H2,1H3/b10-9+. The second-order valence-electron chi connectivity index (χ2n) is 5.82. The van der Waals surface area contributed by atoms with Crippen molar-refractivity contribution in [1.82, 2.24) is 4.90 Å². The summed E-state index contributed by atoms with van der Waals surface area (Å²) in [6, 6.07) is 8.04. The number of ketones is 1. The van der Waals surface area contributed by atoms with Crippen LogP contribution in [0.2, 0.25) is 0 Å². The summed E-state index contributed by atoms with van der Waals surface area (Å²) >= 11 is 0. The summed E-state index contributed by atoms with van der Waals surface area (Å²) < 4.78 is 5.13. The van der Waals surface area contributed by atoms with Crippen LogP contribution in [0.1, 0.15) is 24.3 Å². The first kappa shape index (κ1) is 18.1. The zero-order valence-electron chi connectivity index (χ0n) is 14.4. The smallest absolute Gasteiger partial charge is 0.290 e. The molecule has 2 heterocycles. The van der Waals surface area contributed by atoms with Gasteiger partial charge in [0.15, 0.2) is 11.5 Å². The van der Waals surface area contributed by atoms with Crippen LogP contribution in [-0.2, 0) is 9.59 Å². The van der Waals surface area contributed by atoms with Crippen molar-refractivity contribution in [1.29, 1.82) is 0 Å². The summed E-state index contributed by atoms with van der Waals surface area (Å²) in [5, 5.41) is 21.1. The molecule has 138 valence electrons. The number of nitro groups is 1. The Labute approximate surface area is 154 Å². The Morgan fingerprint density at radius 2 is 2.04 bits per heavy atom. The molecule has 8 heteroatoms. The van der Waals surface area contributed by atoms with E-state index in [1.165, 1.54) is 47.6 Å². The minimum absolute atomic E-state index is 0.0708. The number of hydrogen-bond acceptors (Lipinski definition) is 6. The van der Waals surface area contributed by atoms with Crippen LogP contribution in [0.4, 0.5) is 5.69 Å². The van der Waals surface area contributed by atoms with Crippen LogP contribution >= 0.6 is 0 Å². The zero-order valence-corrected chi connectivity index (χ0v) is 14.4. The summed E-state index contributed by atoms with van der Waals surface area (Å²) in [5.41, 5.74) is 0.318. The van der Waals surface area contributed by atoms with Gasteiger partial charge in [-0.3, -0.25) is 19.7 Å². The number of aliphatic hydroxyl groups is 1. The number of carbonyl (C=O) groups is 2. The van der Waals surface area contributed by atoms with Gasteiger partial charge in [0.1, 0.15) is 5.76 Å². The van der Waals surface area contributed by atoms with Gasteiger partial charge in [-0.05, 0) is 48.9 Å². The van der Waals surface area contributed by atoms with Gasteiger partial charge in [-0.2, -0.15) is 0 Å². The third-order valence-electron chi connectivity index (χ3n) is 4.27. The van der Waals surface area contributed by atoms with Gasteiger partial charge in [0.25, 0.3) is 11.6 Å². The Kier molecular flexibility index (Phi) is 4.89. The maximum Gasteiger partial charge on any atom is 0.290 e. The molecular weight excluding hydrogens is 352 g/mol. The second-order valence-corrected chi connectivity index (χ2v) is 5.82. The van der Waals surface area contributed by atoms with Gasteiger partial charge in [-0.25, -0.2) is 0 Å². The van der Waals surface area contributed by atoms with Gasteiger partial charge in [0, 0.05) is 18.7 Å². The van der Waals surface area contributed by atoms with Crippen LogP contribution in [0.5, 0.6) is 0 Å². The van der Waals surface area contributed by atoms with Crippen LogP contribution in [0, 0.1) is 10.1 Å². The van der Waals surface area contributed by atoms with Crippen LogP contribution in [-0.4, -0.2) is 33.2 Å². The number of nitro benzene ring substituents is 1. The third kappa shape index (κ3) is 3.37. The summed E-state index contributed by atoms with van der Waals surface area (Å²) in [6.45, 7) is 1.97. The number of hydrogen-bond donors (Lipinski definition) is 1. The average Bonchev–Trinajstić information content (AvgIpc) is 3.27. The first-order valence-corrected chi connectivity index (χ1v) is 8.18. The molecule has 1 N–H and O–H groups in total. The molecule has 1 aliphatic rings. The van der Waals surface area contributed by atoms with E-state index in [4.69, 9.17) is 4.42 Å². The number of aliphatic hydroxyl groups excluding tert-OH is 1. The number of likely N-dealkylation sites (N-methyl/N-ethyl adjacent to an activating group) is 1. The van der Waals surface area contributed by atoms with Crippen LogP contribution in [0.25, 0.3) is 6.08 Å². The van der Waals surface area contributed by atoms with Crippen molar-refractivity contribution in [2.45, 2.75) is 13.0 Å². The van der Waals surface area contributed by atoms with E-state index in [1.54, 1.807) is 19.1 Å². The number of furan rings is 1. The number of amides is 1. The third-order valence-corrected chi connectivity index (χ3v) is 4.27. The minimum atomic E-state index is -0.822. The summed E-state index contributed by atoms with van der Waals surface area (Å²) in [5.74, 6) is -1.37. The molecule has 0 aliphatic carbocycles. The van der Waals surface area contributed by atoms with Crippen LogP contribution < -0.4 is 0 Å². The van der Waals surface area contributed by atoms with Crippen molar-refractivity contribution >= 4 is 23.5 Å². The molecule has 0 saturated carbocycles. The van der Waals surface area contributed by atoms with E-state index in [0.29, 0.717) is 11.3 Å². The fourth-order valence-electron chi connectivity index (χ4n) is 2.99. The molecule has 1 atom stereocenters. The molecular formula is C19H16N2O6. The van der Waals surface area contributed by atoms with Gasteiger partial charge in [-0.1, -0.05) is 0 Å². The lowest BCUT2D eigenvalue weighted by Gasteiger charge is -2.25. The molecule has 8 nitrogen and oxygen atoms in total. The van der Waals surface area contributed by atoms with Crippen LogP contribution in [0.15, 0.2) is 64.5 Å². The fourth-order valence-corrected chi connectivity index (χ4v) is 2.99. The molecule has 2 aromatic rings.